The Bertz CT molecular complexity index is 1330. The van der Waals surface area contributed by atoms with Gasteiger partial charge in [0.05, 0.1) is 11.5 Å². The number of nitrogens with two attached hydrogens (primary N) is 1. The first-order chi connectivity index (χ1) is 20.9. The molecule has 0 saturated heterocycles. The van der Waals surface area contributed by atoms with Crippen molar-refractivity contribution in [2.24, 2.45) is 23.0 Å². The number of benzene rings is 2. The minimum atomic E-state index is -1.46. The van der Waals surface area contributed by atoms with E-state index in [0.717, 1.165) is 30.9 Å². The summed E-state index contributed by atoms with van der Waals surface area (Å²) in [5.41, 5.74) is 8.35. The molecule has 0 bridgehead atoms. The monoisotopic (exact) mass is 609 g/mol. The van der Waals surface area contributed by atoms with Crippen LogP contribution in [0.1, 0.15) is 70.6 Å². The van der Waals surface area contributed by atoms with Crippen LogP contribution in [0, 0.1) is 28.9 Å². The highest BCUT2D eigenvalue weighted by Gasteiger charge is 2.48. The lowest BCUT2D eigenvalue weighted by atomic mass is 9.63. The number of halogens is 2. The van der Waals surface area contributed by atoms with E-state index in [1.54, 1.807) is 24.0 Å². The fraction of sp³-hybridized carbons (Fsp3) is 0.500. The highest BCUT2D eigenvalue weighted by atomic mass is 19.1. The highest BCUT2D eigenvalue weighted by Crippen LogP contribution is 2.44. The summed E-state index contributed by atoms with van der Waals surface area (Å²) in [6.45, 7) is 11.9. The molecule has 1 aliphatic carbocycles. The number of aliphatic hydroxyl groups is 1. The van der Waals surface area contributed by atoms with Crippen LogP contribution in [0.15, 0.2) is 65.8 Å². The first kappa shape index (κ1) is 35.1. The van der Waals surface area contributed by atoms with Crippen molar-refractivity contribution in [1.82, 2.24) is 10.2 Å². The zero-order valence-corrected chi connectivity index (χ0v) is 26.8. The maximum Gasteiger partial charge on any atom is 0.249 e. The van der Waals surface area contributed by atoms with Gasteiger partial charge in [0.15, 0.2) is 0 Å². The van der Waals surface area contributed by atoms with E-state index in [4.69, 9.17) is 5.73 Å². The molecule has 1 aliphatic rings. The number of rotatable bonds is 16. The number of hydrogen-bond acceptors (Lipinski definition) is 4. The number of aliphatic hydroxyl groups excluding tert-OH is 1. The van der Waals surface area contributed by atoms with Crippen LogP contribution in [0.5, 0.6) is 0 Å². The first-order valence-corrected chi connectivity index (χ1v) is 15.8. The third kappa shape index (κ3) is 9.32. The Morgan fingerprint density at radius 2 is 1.64 bits per heavy atom. The second-order valence-electron chi connectivity index (χ2n) is 12.6. The number of allylic oxidation sites excluding steroid dienone is 2. The predicted octanol–water partition coefficient (Wildman–Crippen LogP) is 5.87. The topological polar surface area (TPSA) is 95.7 Å². The van der Waals surface area contributed by atoms with Crippen LogP contribution in [0.4, 0.5) is 8.78 Å². The maximum atomic E-state index is 14.3. The van der Waals surface area contributed by atoms with Crippen LogP contribution in [0.3, 0.4) is 0 Å². The molecular weight excluding hydrogens is 560 g/mol. The summed E-state index contributed by atoms with van der Waals surface area (Å²) in [5.74, 6) is -2.72. The van der Waals surface area contributed by atoms with Gasteiger partial charge in [0, 0.05) is 43.7 Å². The Morgan fingerprint density at radius 1 is 1.00 bits per heavy atom. The Kier molecular flexibility index (Phi) is 12.8. The number of carbonyl (C=O) groups excluding carboxylic acids is 2. The number of primary amides is 1. The van der Waals surface area contributed by atoms with Crippen LogP contribution in [0.25, 0.3) is 0 Å². The molecule has 0 saturated carbocycles. The Balaban J connectivity index is 1.95. The number of nitrogens with zero attached hydrogens (tertiary/aromatic N) is 1. The number of hydrogen-bond donors (Lipinski definition) is 3. The molecule has 0 spiro atoms. The van der Waals surface area contributed by atoms with Gasteiger partial charge in [-0.25, -0.2) is 8.78 Å². The van der Waals surface area contributed by atoms with E-state index in [0.29, 0.717) is 42.3 Å². The van der Waals surface area contributed by atoms with E-state index in [1.807, 2.05) is 26.0 Å². The van der Waals surface area contributed by atoms with Gasteiger partial charge < -0.3 is 21.1 Å². The van der Waals surface area contributed by atoms with Crippen molar-refractivity contribution in [3.63, 3.8) is 0 Å². The predicted molar refractivity (Wildman–Crippen MR) is 171 cm³/mol. The lowest BCUT2D eigenvalue weighted by molar-refractivity contribution is -0.132. The molecule has 2 amide bonds. The largest absolute Gasteiger partial charge is 0.391 e. The number of carbonyl (C=O) groups is 2. The molecule has 6 nitrogen and oxygen atoms in total. The van der Waals surface area contributed by atoms with Gasteiger partial charge >= 0.3 is 0 Å². The highest BCUT2D eigenvalue weighted by molar-refractivity contribution is 5.97. The van der Waals surface area contributed by atoms with E-state index in [1.165, 1.54) is 17.7 Å². The molecule has 0 fully saturated rings. The molecule has 8 heteroatoms. The van der Waals surface area contributed by atoms with E-state index in [2.05, 4.69) is 31.3 Å². The van der Waals surface area contributed by atoms with Gasteiger partial charge in [-0.2, -0.15) is 0 Å². The summed E-state index contributed by atoms with van der Waals surface area (Å²) in [5, 5.41) is 15.0. The molecule has 3 atom stereocenters. The smallest absolute Gasteiger partial charge is 0.249 e. The zero-order chi connectivity index (χ0) is 32.4. The standard InChI is InChI=1S/C36H49F2N3O3/c1-6-11-41(12-7-2)34(43)29-14-25(5)20-36(21-29,35(39)44)32(18-28-16-30(37)19-31(38)17-28)33(42)23-40-22-27-10-8-9-26(15-27)13-24(3)4/h8-10,14-17,19-20,24,32-33,40,42H,6-7,11-13,18,21-23H2,1-5H3,(H2,39,44)/t32-,33+,36?/m1/s1. The molecule has 3 rings (SSSR count). The molecular formula is C36H49F2N3O3. The Hall–Kier alpha value is -3.36. The Labute approximate surface area is 261 Å². The van der Waals surface area contributed by atoms with Crippen molar-refractivity contribution in [1.29, 1.82) is 0 Å². The molecule has 2 aromatic rings. The summed E-state index contributed by atoms with van der Waals surface area (Å²) < 4.78 is 28.5. The molecule has 0 heterocycles. The van der Waals surface area contributed by atoms with Crippen LogP contribution < -0.4 is 11.1 Å². The minimum absolute atomic E-state index is 0.0147. The lowest BCUT2D eigenvalue weighted by Gasteiger charge is -2.42. The lowest BCUT2D eigenvalue weighted by Crippen LogP contribution is -2.51. The van der Waals surface area contributed by atoms with Gasteiger partial charge in [-0.3, -0.25) is 9.59 Å². The summed E-state index contributed by atoms with van der Waals surface area (Å²) in [6, 6.07) is 11.4. The molecule has 0 aromatic heterocycles. The molecule has 4 N–H and O–H groups in total. The van der Waals surface area contributed by atoms with E-state index < -0.39 is 35.0 Å². The van der Waals surface area contributed by atoms with Crippen LogP contribution in [0.2, 0.25) is 0 Å². The molecule has 240 valence electrons. The number of amides is 2. The molecule has 0 aliphatic heterocycles. The van der Waals surface area contributed by atoms with Crippen molar-refractivity contribution in [3.05, 3.63) is 94.1 Å². The second kappa shape index (κ2) is 16.1. The van der Waals surface area contributed by atoms with Crippen molar-refractivity contribution in [2.75, 3.05) is 19.6 Å². The summed E-state index contributed by atoms with van der Waals surface area (Å²) in [6.07, 6.45) is 4.85. The van der Waals surface area contributed by atoms with Crippen molar-refractivity contribution >= 4 is 11.8 Å². The Morgan fingerprint density at radius 3 is 2.23 bits per heavy atom. The summed E-state index contributed by atoms with van der Waals surface area (Å²) in [7, 11) is 0. The fourth-order valence-corrected chi connectivity index (χ4v) is 6.40. The van der Waals surface area contributed by atoms with E-state index >= 15 is 0 Å². The van der Waals surface area contributed by atoms with Gasteiger partial charge in [-0.15, -0.1) is 0 Å². The van der Waals surface area contributed by atoms with Gasteiger partial charge in [-0.05, 0) is 73.8 Å². The van der Waals surface area contributed by atoms with Crippen molar-refractivity contribution in [3.8, 4) is 0 Å². The molecule has 0 radical (unpaired) electrons. The summed E-state index contributed by atoms with van der Waals surface area (Å²) in [4.78, 5) is 28.9. The average molecular weight is 610 g/mol. The average Bonchev–Trinajstić information content (AvgIpc) is 2.94. The molecule has 1 unspecified atom stereocenters. The van der Waals surface area contributed by atoms with Gasteiger partial charge in [-0.1, -0.05) is 69.7 Å². The SMILES string of the molecule is CCCN(CCC)C(=O)C1=CC(C)=CC(C(N)=O)([C@H](Cc2cc(F)cc(F)c2)[C@@H](O)CNCc2cccc(CC(C)C)c2)C1. The minimum Gasteiger partial charge on any atom is -0.391 e. The third-order valence-electron chi connectivity index (χ3n) is 8.20. The zero-order valence-electron chi connectivity index (χ0n) is 26.8. The quantitative estimate of drug-likeness (QED) is 0.222. The van der Waals surface area contributed by atoms with Crippen LogP contribution in [-0.2, 0) is 29.0 Å². The van der Waals surface area contributed by atoms with Gasteiger partial charge in [0.2, 0.25) is 11.8 Å². The maximum absolute atomic E-state index is 14.3. The summed E-state index contributed by atoms with van der Waals surface area (Å²) >= 11 is 0. The van der Waals surface area contributed by atoms with Crippen molar-refractivity contribution in [2.45, 2.75) is 79.4 Å². The normalized spacial score (nSPS) is 18.0. The van der Waals surface area contributed by atoms with E-state index in [-0.39, 0.29) is 25.3 Å². The van der Waals surface area contributed by atoms with Gasteiger partial charge in [0.25, 0.3) is 0 Å². The third-order valence-corrected chi connectivity index (χ3v) is 8.20. The second-order valence-corrected chi connectivity index (χ2v) is 12.6. The fourth-order valence-electron chi connectivity index (χ4n) is 6.40. The molecule has 2 aromatic carbocycles. The van der Waals surface area contributed by atoms with Crippen LogP contribution in [-0.4, -0.2) is 47.6 Å². The first-order valence-electron chi connectivity index (χ1n) is 15.8. The van der Waals surface area contributed by atoms with Crippen molar-refractivity contribution < 1.29 is 23.5 Å². The molecule has 44 heavy (non-hydrogen) atoms. The van der Waals surface area contributed by atoms with E-state index in [9.17, 15) is 23.5 Å². The number of nitrogens with one attached hydrogen (secondary N) is 1. The van der Waals surface area contributed by atoms with Crippen LogP contribution >= 0.6 is 0 Å². The van der Waals surface area contributed by atoms with Gasteiger partial charge in [0.1, 0.15) is 11.6 Å².